The number of alkyl halides is 3. The first-order chi connectivity index (χ1) is 18.4. The molecule has 2 atom stereocenters. The standard InChI is InChI=1S/C23H19F4N7O5/c1-22(37,21(36)30-11-2-3-13-15(8-11)39-32-18(13)28)17-20(35)33(6-7-38-17)19-14(24)10-34(31-19)12-4-5-29-16(9-12)23(25,26)27/h2-5,8-10,17,37H,6-7H2,1H3,(H2,28,32)(H,30,36)/t17-,22+/m0/s1. The van der Waals surface area contributed by atoms with E-state index in [1.807, 2.05) is 0 Å². The molecule has 39 heavy (non-hydrogen) atoms. The Kier molecular flexibility index (Phi) is 6.22. The van der Waals surface area contributed by atoms with Gasteiger partial charge in [-0.25, -0.2) is 9.07 Å². The molecule has 4 heterocycles. The average Bonchev–Trinajstić information content (AvgIpc) is 3.45. The van der Waals surface area contributed by atoms with Crippen LogP contribution in [0.1, 0.15) is 12.6 Å². The van der Waals surface area contributed by atoms with Crippen molar-refractivity contribution in [3.05, 3.63) is 54.2 Å². The normalized spacial score (nSPS) is 17.8. The van der Waals surface area contributed by atoms with Gasteiger partial charge in [-0.1, -0.05) is 5.16 Å². The molecule has 1 aromatic carbocycles. The summed E-state index contributed by atoms with van der Waals surface area (Å²) < 4.78 is 65.2. The predicted molar refractivity (Wildman–Crippen MR) is 126 cm³/mol. The van der Waals surface area contributed by atoms with Crippen LogP contribution in [-0.4, -0.2) is 61.7 Å². The Hall–Kier alpha value is -4.57. The largest absolute Gasteiger partial charge is 0.433 e. The van der Waals surface area contributed by atoms with Gasteiger partial charge in [0.05, 0.1) is 30.4 Å². The third-order valence-electron chi connectivity index (χ3n) is 6.02. The van der Waals surface area contributed by atoms with Crippen molar-refractivity contribution in [1.29, 1.82) is 0 Å². The number of nitrogens with two attached hydrogens (primary N) is 1. The third-order valence-corrected chi connectivity index (χ3v) is 6.02. The van der Waals surface area contributed by atoms with Crippen molar-refractivity contribution in [1.82, 2.24) is 19.9 Å². The minimum atomic E-state index is -4.74. The smallest absolute Gasteiger partial charge is 0.380 e. The van der Waals surface area contributed by atoms with Gasteiger partial charge in [-0.15, -0.1) is 5.10 Å². The van der Waals surface area contributed by atoms with Crippen molar-refractivity contribution in [3.8, 4) is 5.69 Å². The second-order valence-corrected chi connectivity index (χ2v) is 8.76. The van der Waals surface area contributed by atoms with E-state index in [9.17, 15) is 32.3 Å². The summed E-state index contributed by atoms with van der Waals surface area (Å²) in [6.45, 7) is 0.640. The molecular weight excluding hydrogens is 530 g/mol. The van der Waals surface area contributed by atoms with Gasteiger partial charge in [0.2, 0.25) is 0 Å². The highest BCUT2D eigenvalue weighted by Crippen LogP contribution is 2.31. The van der Waals surface area contributed by atoms with Crippen LogP contribution in [-0.2, 0) is 20.5 Å². The number of carbonyl (C=O) groups is 2. The number of rotatable bonds is 5. The Bertz CT molecular complexity index is 1580. The fourth-order valence-corrected chi connectivity index (χ4v) is 3.99. The zero-order valence-corrected chi connectivity index (χ0v) is 19.9. The number of amides is 2. The van der Waals surface area contributed by atoms with Crippen molar-refractivity contribution in [3.63, 3.8) is 0 Å². The molecule has 1 saturated heterocycles. The van der Waals surface area contributed by atoms with Gasteiger partial charge < -0.3 is 25.4 Å². The highest BCUT2D eigenvalue weighted by atomic mass is 19.4. The van der Waals surface area contributed by atoms with Gasteiger partial charge in [-0.05, 0) is 31.2 Å². The van der Waals surface area contributed by atoms with E-state index in [0.29, 0.717) is 11.5 Å². The number of fused-ring (bicyclic) bond motifs is 1. The number of nitrogen functional groups attached to an aromatic ring is 1. The van der Waals surface area contributed by atoms with E-state index in [1.54, 1.807) is 0 Å². The number of carbonyl (C=O) groups excluding carboxylic acids is 2. The van der Waals surface area contributed by atoms with Crippen LogP contribution in [0.25, 0.3) is 16.7 Å². The molecule has 0 aliphatic carbocycles. The van der Waals surface area contributed by atoms with Gasteiger partial charge in [0.15, 0.2) is 34.7 Å². The minimum Gasteiger partial charge on any atom is -0.380 e. The number of nitrogens with one attached hydrogen (secondary N) is 1. The molecule has 0 spiro atoms. The average molecular weight is 549 g/mol. The van der Waals surface area contributed by atoms with Crippen LogP contribution in [0.3, 0.4) is 0 Å². The summed E-state index contributed by atoms with van der Waals surface area (Å²) in [6, 6.07) is 6.27. The lowest BCUT2D eigenvalue weighted by Gasteiger charge is -2.37. The lowest BCUT2D eigenvalue weighted by molar-refractivity contribution is -0.165. The van der Waals surface area contributed by atoms with Crippen molar-refractivity contribution in [2.24, 2.45) is 0 Å². The number of benzene rings is 1. The number of hydrogen-bond donors (Lipinski definition) is 3. The molecule has 2 amide bonds. The van der Waals surface area contributed by atoms with Crippen LogP contribution in [0.15, 0.2) is 47.2 Å². The fraction of sp³-hybridized carbons (Fsp3) is 0.261. The molecule has 1 fully saturated rings. The highest BCUT2D eigenvalue weighted by molar-refractivity contribution is 6.06. The number of morpholine rings is 1. The summed E-state index contributed by atoms with van der Waals surface area (Å²) in [5.41, 5.74) is 2.33. The number of hydrogen-bond acceptors (Lipinski definition) is 9. The molecule has 3 aromatic heterocycles. The number of ether oxygens (including phenoxy) is 1. The van der Waals surface area contributed by atoms with Crippen LogP contribution < -0.4 is 16.0 Å². The number of aliphatic hydroxyl groups is 1. The van der Waals surface area contributed by atoms with Gasteiger partial charge in [0.1, 0.15) is 5.69 Å². The Balaban J connectivity index is 1.37. The van der Waals surface area contributed by atoms with Gasteiger partial charge in [0, 0.05) is 18.0 Å². The molecule has 4 aromatic rings. The van der Waals surface area contributed by atoms with Crippen LogP contribution in [0.4, 0.5) is 34.9 Å². The van der Waals surface area contributed by atoms with Crippen LogP contribution in [0.2, 0.25) is 0 Å². The number of aromatic nitrogens is 4. The topological polar surface area (TPSA) is 162 Å². The lowest BCUT2D eigenvalue weighted by Crippen LogP contribution is -2.61. The molecule has 204 valence electrons. The van der Waals surface area contributed by atoms with E-state index in [1.165, 1.54) is 24.3 Å². The highest BCUT2D eigenvalue weighted by Gasteiger charge is 2.49. The molecule has 5 rings (SSSR count). The van der Waals surface area contributed by atoms with Crippen molar-refractivity contribution >= 4 is 40.1 Å². The number of nitrogens with zero attached hydrogens (tertiary/aromatic N) is 5. The summed E-state index contributed by atoms with van der Waals surface area (Å²) in [6.07, 6.45) is -4.82. The number of halogens is 4. The van der Waals surface area contributed by atoms with Crippen molar-refractivity contribution in [2.45, 2.75) is 24.8 Å². The van der Waals surface area contributed by atoms with Crippen molar-refractivity contribution in [2.75, 3.05) is 29.1 Å². The van der Waals surface area contributed by atoms with Gasteiger partial charge in [-0.3, -0.25) is 19.5 Å². The summed E-state index contributed by atoms with van der Waals surface area (Å²) in [5, 5.41) is 21.5. The third kappa shape index (κ3) is 4.74. The van der Waals surface area contributed by atoms with Crippen molar-refractivity contribution < 1.29 is 41.5 Å². The second kappa shape index (κ2) is 9.32. The van der Waals surface area contributed by atoms with Crippen LogP contribution in [0, 0.1) is 5.82 Å². The molecule has 0 unspecified atom stereocenters. The van der Waals surface area contributed by atoms with E-state index in [0.717, 1.165) is 28.9 Å². The lowest BCUT2D eigenvalue weighted by atomic mass is 9.95. The molecule has 1 aliphatic heterocycles. The minimum absolute atomic E-state index is 0.149. The summed E-state index contributed by atoms with van der Waals surface area (Å²) >= 11 is 0. The Morgan fingerprint density at radius 3 is 2.77 bits per heavy atom. The first-order valence-electron chi connectivity index (χ1n) is 11.3. The summed E-state index contributed by atoms with van der Waals surface area (Å²) in [7, 11) is 0. The summed E-state index contributed by atoms with van der Waals surface area (Å²) in [4.78, 5) is 30.3. The van der Waals surface area contributed by atoms with Gasteiger partial charge >= 0.3 is 6.18 Å². The Morgan fingerprint density at radius 1 is 1.26 bits per heavy atom. The quantitative estimate of drug-likeness (QED) is 0.317. The molecule has 1 aliphatic rings. The maximum Gasteiger partial charge on any atom is 0.433 e. The number of anilines is 3. The zero-order valence-electron chi connectivity index (χ0n) is 19.9. The van der Waals surface area contributed by atoms with E-state index in [4.69, 9.17) is 15.0 Å². The fourth-order valence-electron chi connectivity index (χ4n) is 3.99. The molecule has 0 radical (unpaired) electrons. The Labute approximate surface area is 215 Å². The first kappa shape index (κ1) is 26.1. The zero-order chi connectivity index (χ0) is 28.1. The predicted octanol–water partition coefficient (Wildman–Crippen LogP) is 2.27. The second-order valence-electron chi connectivity index (χ2n) is 8.76. The molecule has 0 saturated carbocycles. The maximum atomic E-state index is 14.9. The van der Waals surface area contributed by atoms with E-state index < -0.39 is 47.0 Å². The van der Waals surface area contributed by atoms with E-state index in [-0.39, 0.29) is 35.9 Å². The molecule has 12 nitrogen and oxygen atoms in total. The maximum absolute atomic E-state index is 14.9. The van der Waals surface area contributed by atoms with Crippen LogP contribution in [0.5, 0.6) is 0 Å². The molecule has 4 N–H and O–H groups in total. The monoisotopic (exact) mass is 549 g/mol. The SMILES string of the molecule is C[C@](O)(C(=O)Nc1ccc2c(N)noc2c1)[C@H]1OCCN(c2nn(-c3ccnc(C(F)(F)F)c3)cc2F)C1=O. The Morgan fingerprint density at radius 2 is 2.03 bits per heavy atom. The van der Waals surface area contributed by atoms with Crippen LogP contribution >= 0.6 is 0 Å². The van der Waals surface area contributed by atoms with Gasteiger partial charge in [-0.2, -0.15) is 13.2 Å². The first-order valence-corrected chi connectivity index (χ1v) is 11.3. The molecular formula is C23H19F4N7O5. The molecule has 0 bridgehead atoms. The van der Waals surface area contributed by atoms with E-state index >= 15 is 0 Å². The summed E-state index contributed by atoms with van der Waals surface area (Å²) in [5.74, 6) is -3.41. The number of pyridine rings is 1. The van der Waals surface area contributed by atoms with Gasteiger partial charge in [0.25, 0.3) is 11.8 Å². The molecule has 16 heteroatoms. The van der Waals surface area contributed by atoms with E-state index in [2.05, 4.69) is 20.6 Å².